The van der Waals surface area contributed by atoms with Gasteiger partial charge in [-0.25, -0.2) is 4.99 Å². The molecule has 0 saturated carbocycles. The third-order valence-electron chi connectivity index (χ3n) is 5.00. The minimum Gasteiger partial charge on any atom is -0.300 e. The Bertz CT molecular complexity index is 799. The quantitative estimate of drug-likeness (QED) is 0.462. The number of pyridine rings is 2. The van der Waals surface area contributed by atoms with Gasteiger partial charge in [-0.15, -0.1) is 13.2 Å². The van der Waals surface area contributed by atoms with Crippen molar-refractivity contribution in [2.75, 3.05) is 7.05 Å². The molecule has 1 saturated heterocycles. The van der Waals surface area contributed by atoms with Crippen molar-refractivity contribution in [3.63, 3.8) is 0 Å². The highest BCUT2D eigenvalue weighted by Gasteiger charge is 2.26. The summed E-state index contributed by atoms with van der Waals surface area (Å²) in [5.74, 6) is 0.777. The molecule has 1 aliphatic rings. The van der Waals surface area contributed by atoms with Crippen LogP contribution in [0.2, 0.25) is 0 Å². The summed E-state index contributed by atoms with van der Waals surface area (Å²) in [6, 6.07) is 11.0. The first-order chi connectivity index (χ1) is 13.7. The van der Waals surface area contributed by atoms with E-state index in [1.165, 1.54) is 12.0 Å². The molecule has 3 heterocycles. The number of rotatable bonds is 5. The average Bonchev–Trinajstić information content (AvgIpc) is 2.76. The van der Waals surface area contributed by atoms with Crippen molar-refractivity contribution in [2.45, 2.75) is 51.1 Å². The zero-order chi connectivity index (χ0) is 20.4. The largest absolute Gasteiger partial charge is 0.300 e. The third-order valence-corrected chi connectivity index (χ3v) is 5.00. The Hall–Kier alpha value is -2.66. The molecule has 0 aliphatic carbocycles. The molecule has 0 spiro atoms. The van der Waals surface area contributed by atoms with E-state index in [9.17, 15) is 0 Å². The van der Waals surface area contributed by atoms with Crippen molar-refractivity contribution in [2.24, 2.45) is 9.98 Å². The average molecular weight is 378 g/mol. The topological polar surface area (TPSA) is 62.5 Å². The molecule has 0 bridgehead atoms. The molecule has 5 heteroatoms. The molecule has 2 aromatic heterocycles. The third kappa shape index (κ3) is 5.67. The van der Waals surface area contributed by atoms with E-state index in [4.69, 9.17) is 4.98 Å². The molecule has 3 rings (SSSR count). The number of hydrogen-bond donors (Lipinski definition) is 1. The highest BCUT2D eigenvalue weighted by atomic mass is 15.0. The second kappa shape index (κ2) is 11.2. The van der Waals surface area contributed by atoms with E-state index in [0.717, 1.165) is 48.6 Å². The van der Waals surface area contributed by atoms with Crippen LogP contribution in [0, 0.1) is 6.92 Å². The van der Waals surface area contributed by atoms with Crippen molar-refractivity contribution in [1.29, 1.82) is 0 Å². The summed E-state index contributed by atoms with van der Waals surface area (Å²) in [6.07, 6.45) is 6.88. The van der Waals surface area contributed by atoms with Crippen LogP contribution in [0.3, 0.4) is 0 Å². The van der Waals surface area contributed by atoms with Crippen LogP contribution in [-0.4, -0.2) is 29.6 Å². The van der Waals surface area contributed by atoms with Crippen LogP contribution >= 0.6 is 0 Å². The van der Waals surface area contributed by atoms with Gasteiger partial charge in [-0.1, -0.05) is 12.1 Å². The van der Waals surface area contributed by atoms with Gasteiger partial charge >= 0.3 is 0 Å². The van der Waals surface area contributed by atoms with E-state index >= 15 is 0 Å². The minimum absolute atomic E-state index is 0.270. The Morgan fingerprint density at radius 3 is 2.68 bits per heavy atom. The molecule has 2 aromatic rings. The van der Waals surface area contributed by atoms with Crippen LogP contribution in [0.1, 0.15) is 60.4 Å². The van der Waals surface area contributed by atoms with Gasteiger partial charge in [0, 0.05) is 31.4 Å². The monoisotopic (exact) mass is 377 g/mol. The highest BCUT2D eigenvalue weighted by Crippen LogP contribution is 2.32. The van der Waals surface area contributed by atoms with Crippen molar-refractivity contribution in [3.05, 3.63) is 72.3 Å². The number of aliphatic imine (C=N–C) groups is 2. The molecule has 5 nitrogen and oxygen atoms in total. The van der Waals surface area contributed by atoms with E-state index in [2.05, 4.69) is 71.4 Å². The number of nitrogens with one attached hydrogen (secondary N) is 1. The molecule has 1 aliphatic heterocycles. The molecule has 2 unspecified atom stereocenters. The normalized spacial score (nSPS) is 19.4. The fraction of sp³-hybridized carbons (Fsp3) is 0.391. The van der Waals surface area contributed by atoms with Crippen LogP contribution in [0.5, 0.6) is 0 Å². The summed E-state index contributed by atoms with van der Waals surface area (Å²) in [4.78, 5) is 17.6. The predicted octanol–water partition coefficient (Wildman–Crippen LogP) is 4.80. The Kier molecular flexibility index (Phi) is 8.69. The minimum atomic E-state index is 0.270. The van der Waals surface area contributed by atoms with Gasteiger partial charge in [-0.3, -0.25) is 15.0 Å². The summed E-state index contributed by atoms with van der Waals surface area (Å²) in [5.41, 5.74) is 4.59. The Balaban J connectivity index is 0.00000136. The Morgan fingerprint density at radius 1 is 1.18 bits per heavy atom. The molecule has 1 N–H and O–H groups in total. The van der Waals surface area contributed by atoms with Gasteiger partial charge in [-0.2, -0.15) is 0 Å². The molecule has 28 heavy (non-hydrogen) atoms. The first-order valence-corrected chi connectivity index (χ1v) is 9.77. The SMILES string of the molecule is C=C.C=NC(CCc1cccc(C2CCCC(c3ncccc3C)N2)n1)=NC. The lowest BCUT2D eigenvalue weighted by Gasteiger charge is -2.31. The van der Waals surface area contributed by atoms with Crippen LogP contribution in [0.4, 0.5) is 0 Å². The lowest BCUT2D eigenvalue weighted by molar-refractivity contribution is 0.320. The van der Waals surface area contributed by atoms with E-state index in [-0.39, 0.29) is 6.04 Å². The summed E-state index contributed by atoms with van der Waals surface area (Å²) >= 11 is 0. The summed E-state index contributed by atoms with van der Waals surface area (Å²) in [6.45, 7) is 11.7. The number of aryl methyl sites for hydroxylation is 2. The van der Waals surface area contributed by atoms with Crippen LogP contribution < -0.4 is 5.32 Å². The van der Waals surface area contributed by atoms with Gasteiger partial charge in [0.05, 0.1) is 17.4 Å². The second-order valence-electron chi connectivity index (χ2n) is 6.76. The maximum Gasteiger partial charge on any atom is 0.122 e. The first kappa shape index (κ1) is 21.6. The van der Waals surface area contributed by atoms with Gasteiger partial charge < -0.3 is 5.32 Å². The number of amidine groups is 1. The number of aromatic nitrogens is 2. The molecule has 0 radical (unpaired) electrons. The molecule has 0 amide bonds. The van der Waals surface area contributed by atoms with Gasteiger partial charge in [-0.05, 0) is 63.1 Å². The fourth-order valence-corrected chi connectivity index (χ4v) is 3.58. The lowest BCUT2D eigenvalue weighted by Crippen LogP contribution is -2.32. The zero-order valence-corrected chi connectivity index (χ0v) is 17.1. The van der Waals surface area contributed by atoms with Crippen LogP contribution in [-0.2, 0) is 6.42 Å². The summed E-state index contributed by atoms with van der Waals surface area (Å²) < 4.78 is 0. The molecule has 2 atom stereocenters. The lowest BCUT2D eigenvalue weighted by atomic mass is 9.92. The molecule has 148 valence electrons. The van der Waals surface area contributed by atoms with Gasteiger partial charge in [0.1, 0.15) is 5.84 Å². The van der Waals surface area contributed by atoms with E-state index < -0.39 is 0 Å². The summed E-state index contributed by atoms with van der Waals surface area (Å²) in [5, 5.41) is 3.76. The number of nitrogens with zero attached hydrogens (tertiary/aromatic N) is 4. The maximum absolute atomic E-state index is 4.89. The smallest absolute Gasteiger partial charge is 0.122 e. The van der Waals surface area contributed by atoms with Crippen molar-refractivity contribution in [3.8, 4) is 0 Å². The number of hydrogen-bond acceptors (Lipinski definition) is 4. The van der Waals surface area contributed by atoms with E-state index in [1.54, 1.807) is 7.05 Å². The van der Waals surface area contributed by atoms with Gasteiger partial charge in [0.25, 0.3) is 0 Å². The Labute approximate surface area is 168 Å². The van der Waals surface area contributed by atoms with Crippen LogP contribution in [0.15, 0.2) is 59.7 Å². The molecular formula is C23H31N5. The standard InChI is InChI=1S/C21H27N5.C2H4/c1-15-7-6-14-24-21(15)19-11-5-10-18(26-19)17-9-4-8-16(25-17)12-13-20(22-2)23-3;1-2/h4,6-9,14,18-19,26H,2,5,10-13H2,1,3H3;1-2H2. The highest BCUT2D eigenvalue weighted by molar-refractivity contribution is 5.86. The van der Waals surface area contributed by atoms with Crippen molar-refractivity contribution >= 4 is 12.6 Å². The fourth-order valence-electron chi connectivity index (χ4n) is 3.58. The van der Waals surface area contributed by atoms with Crippen molar-refractivity contribution in [1.82, 2.24) is 15.3 Å². The molecule has 0 aromatic carbocycles. The van der Waals surface area contributed by atoms with Crippen molar-refractivity contribution < 1.29 is 0 Å². The van der Waals surface area contributed by atoms with E-state index in [0.29, 0.717) is 6.04 Å². The van der Waals surface area contributed by atoms with Gasteiger partial charge in [0.2, 0.25) is 0 Å². The first-order valence-electron chi connectivity index (χ1n) is 9.77. The summed E-state index contributed by atoms with van der Waals surface area (Å²) in [7, 11) is 1.75. The Morgan fingerprint density at radius 2 is 1.96 bits per heavy atom. The molecule has 1 fully saturated rings. The zero-order valence-electron chi connectivity index (χ0n) is 17.1. The molecular weight excluding hydrogens is 346 g/mol. The maximum atomic E-state index is 4.89. The van der Waals surface area contributed by atoms with Crippen LogP contribution in [0.25, 0.3) is 0 Å². The predicted molar refractivity (Wildman–Crippen MR) is 118 cm³/mol. The number of piperidine rings is 1. The van der Waals surface area contributed by atoms with Gasteiger partial charge in [0.15, 0.2) is 0 Å². The van der Waals surface area contributed by atoms with E-state index in [1.807, 2.05) is 12.3 Å². The second-order valence-corrected chi connectivity index (χ2v) is 6.76.